The Bertz CT molecular complexity index is 321. The number of likely N-dealkylation sites (N-methyl/N-ethyl adjacent to an activating group) is 1. The van der Waals surface area contributed by atoms with E-state index in [0.717, 1.165) is 25.7 Å². The molecule has 19 heavy (non-hydrogen) atoms. The highest BCUT2D eigenvalue weighted by Crippen LogP contribution is 2.34. The van der Waals surface area contributed by atoms with Crippen molar-refractivity contribution in [1.82, 2.24) is 4.90 Å². The lowest BCUT2D eigenvalue weighted by molar-refractivity contribution is -0.149. The molecule has 0 atom stereocenters. The molecule has 0 aromatic carbocycles. The molecule has 1 aliphatic carbocycles. The third-order valence-corrected chi connectivity index (χ3v) is 4.71. The van der Waals surface area contributed by atoms with Gasteiger partial charge in [-0.1, -0.05) is 12.8 Å². The molecule has 1 amide bonds. The summed E-state index contributed by atoms with van der Waals surface area (Å²) in [5.74, 6) is 0.0682. The number of ether oxygens (including phenoxy) is 1. The quantitative estimate of drug-likeness (QED) is 0.780. The first-order chi connectivity index (χ1) is 9.01. The summed E-state index contributed by atoms with van der Waals surface area (Å²) in [5, 5.41) is 10.4. The molecule has 2 aliphatic rings. The van der Waals surface area contributed by atoms with E-state index in [9.17, 15) is 9.90 Å². The highest BCUT2D eigenvalue weighted by atomic mass is 16.5. The summed E-state index contributed by atoms with van der Waals surface area (Å²) < 4.78 is 5.33. The first kappa shape index (κ1) is 14.8. The van der Waals surface area contributed by atoms with Crippen molar-refractivity contribution in [3.63, 3.8) is 0 Å². The molecule has 0 aromatic heterocycles. The smallest absolute Gasteiger partial charge is 0.230 e. The van der Waals surface area contributed by atoms with E-state index in [2.05, 4.69) is 0 Å². The first-order valence-corrected chi connectivity index (χ1v) is 7.27. The van der Waals surface area contributed by atoms with Crippen LogP contribution in [0.15, 0.2) is 0 Å². The molecule has 5 nitrogen and oxygen atoms in total. The van der Waals surface area contributed by atoms with E-state index in [4.69, 9.17) is 10.5 Å². The topological polar surface area (TPSA) is 75.8 Å². The number of carbonyl (C=O) groups excluding carboxylic acids is 1. The van der Waals surface area contributed by atoms with E-state index in [-0.39, 0.29) is 5.91 Å². The van der Waals surface area contributed by atoms with Crippen molar-refractivity contribution >= 4 is 5.91 Å². The molecule has 2 rings (SSSR count). The Morgan fingerprint density at radius 3 is 2.37 bits per heavy atom. The van der Waals surface area contributed by atoms with E-state index >= 15 is 0 Å². The third-order valence-electron chi connectivity index (χ3n) is 4.71. The van der Waals surface area contributed by atoms with Crippen LogP contribution in [0.4, 0.5) is 0 Å². The van der Waals surface area contributed by atoms with Crippen LogP contribution >= 0.6 is 0 Å². The van der Waals surface area contributed by atoms with Crippen LogP contribution in [0.5, 0.6) is 0 Å². The maximum atomic E-state index is 12.7. The molecule has 3 N–H and O–H groups in total. The van der Waals surface area contributed by atoms with Crippen molar-refractivity contribution in [2.24, 2.45) is 11.1 Å². The molecule has 0 unspecified atom stereocenters. The number of aliphatic hydroxyl groups is 1. The average Bonchev–Trinajstić information content (AvgIpc) is 2.85. The lowest BCUT2D eigenvalue weighted by Crippen LogP contribution is -2.52. The molecule has 2 fully saturated rings. The lowest BCUT2D eigenvalue weighted by atomic mass is 9.78. The number of amides is 1. The molecule has 1 heterocycles. The Morgan fingerprint density at radius 1 is 1.26 bits per heavy atom. The summed E-state index contributed by atoms with van der Waals surface area (Å²) in [6, 6.07) is 0. The highest BCUT2D eigenvalue weighted by Gasteiger charge is 2.42. The van der Waals surface area contributed by atoms with Gasteiger partial charge in [-0.15, -0.1) is 0 Å². The largest absolute Gasteiger partial charge is 0.388 e. The second-order valence-corrected chi connectivity index (χ2v) is 6.19. The number of nitrogens with two attached hydrogens (primary N) is 1. The molecular weight excluding hydrogens is 244 g/mol. The van der Waals surface area contributed by atoms with Crippen LogP contribution in [0.3, 0.4) is 0 Å². The van der Waals surface area contributed by atoms with E-state index in [1.807, 2.05) is 0 Å². The van der Waals surface area contributed by atoms with Gasteiger partial charge >= 0.3 is 0 Å². The van der Waals surface area contributed by atoms with Gasteiger partial charge in [-0.25, -0.2) is 0 Å². The van der Waals surface area contributed by atoms with Gasteiger partial charge < -0.3 is 20.5 Å². The summed E-state index contributed by atoms with van der Waals surface area (Å²) in [5.41, 5.74) is 4.68. The molecule has 1 aliphatic heterocycles. The second kappa shape index (κ2) is 5.77. The molecule has 1 saturated carbocycles. The van der Waals surface area contributed by atoms with Crippen LogP contribution in [-0.2, 0) is 9.53 Å². The van der Waals surface area contributed by atoms with E-state index < -0.39 is 11.0 Å². The van der Waals surface area contributed by atoms with E-state index in [1.165, 1.54) is 0 Å². The van der Waals surface area contributed by atoms with Gasteiger partial charge in [0.2, 0.25) is 5.91 Å². The summed E-state index contributed by atoms with van der Waals surface area (Å²) in [4.78, 5) is 14.3. The molecular formula is C14H26N2O3. The zero-order valence-corrected chi connectivity index (χ0v) is 11.9. The number of nitrogens with zero attached hydrogens (tertiary/aromatic N) is 1. The normalized spacial score (nSPS) is 25.2. The summed E-state index contributed by atoms with van der Waals surface area (Å²) in [6.45, 7) is 1.98. The number of carbonyl (C=O) groups is 1. The van der Waals surface area contributed by atoms with Gasteiger partial charge in [0.1, 0.15) is 0 Å². The van der Waals surface area contributed by atoms with Gasteiger partial charge in [-0.2, -0.15) is 0 Å². The number of rotatable bonds is 4. The van der Waals surface area contributed by atoms with Crippen molar-refractivity contribution < 1.29 is 14.6 Å². The van der Waals surface area contributed by atoms with Gasteiger partial charge in [0.05, 0.1) is 11.0 Å². The van der Waals surface area contributed by atoms with Crippen molar-refractivity contribution in [2.75, 3.05) is 33.4 Å². The number of hydrogen-bond donors (Lipinski definition) is 2. The van der Waals surface area contributed by atoms with Gasteiger partial charge in [-0.3, -0.25) is 4.79 Å². The van der Waals surface area contributed by atoms with Crippen LogP contribution < -0.4 is 5.73 Å². The Balaban J connectivity index is 2.00. The molecule has 0 radical (unpaired) electrons. The van der Waals surface area contributed by atoms with Gasteiger partial charge in [0.25, 0.3) is 0 Å². The first-order valence-electron chi connectivity index (χ1n) is 7.27. The van der Waals surface area contributed by atoms with Crippen LogP contribution in [0.25, 0.3) is 0 Å². The fraction of sp³-hybridized carbons (Fsp3) is 0.929. The molecule has 5 heteroatoms. The zero-order chi connectivity index (χ0) is 13.9. The summed E-state index contributed by atoms with van der Waals surface area (Å²) in [7, 11) is 1.78. The maximum absolute atomic E-state index is 12.7. The summed E-state index contributed by atoms with van der Waals surface area (Å²) >= 11 is 0. The fourth-order valence-corrected chi connectivity index (χ4v) is 3.38. The average molecular weight is 270 g/mol. The van der Waals surface area contributed by atoms with Crippen LogP contribution in [-0.4, -0.2) is 54.9 Å². The van der Waals surface area contributed by atoms with Crippen molar-refractivity contribution in [2.45, 2.75) is 44.1 Å². The lowest BCUT2D eigenvalue weighted by Gasteiger charge is -2.39. The van der Waals surface area contributed by atoms with Gasteiger partial charge in [-0.05, 0) is 25.7 Å². The standard InChI is InChI=1S/C14H26N2O3/c1-16(11-14(18)4-2-3-5-14)12(17)13(10-15)6-8-19-9-7-13/h18H,2-11,15H2,1H3. The second-order valence-electron chi connectivity index (χ2n) is 6.19. The monoisotopic (exact) mass is 270 g/mol. The van der Waals surface area contributed by atoms with Crippen molar-refractivity contribution in [3.05, 3.63) is 0 Å². The Hall–Kier alpha value is -0.650. The Labute approximate surface area is 115 Å². The SMILES string of the molecule is CN(CC1(O)CCCC1)C(=O)C1(CN)CCOCC1. The Kier molecular flexibility index (Phi) is 4.48. The van der Waals surface area contributed by atoms with Crippen molar-refractivity contribution in [1.29, 1.82) is 0 Å². The minimum Gasteiger partial charge on any atom is -0.388 e. The fourth-order valence-electron chi connectivity index (χ4n) is 3.38. The van der Waals surface area contributed by atoms with E-state index in [1.54, 1.807) is 11.9 Å². The third kappa shape index (κ3) is 3.09. The predicted molar refractivity (Wildman–Crippen MR) is 72.6 cm³/mol. The highest BCUT2D eigenvalue weighted by molar-refractivity contribution is 5.83. The molecule has 1 saturated heterocycles. The predicted octanol–water partition coefficient (Wildman–Crippen LogP) is 0.505. The molecule has 0 aromatic rings. The van der Waals surface area contributed by atoms with Gasteiger partial charge in [0, 0.05) is 33.4 Å². The zero-order valence-electron chi connectivity index (χ0n) is 11.9. The molecule has 110 valence electrons. The van der Waals surface area contributed by atoms with Crippen LogP contribution in [0, 0.1) is 5.41 Å². The molecule has 0 bridgehead atoms. The number of hydrogen-bond acceptors (Lipinski definition) is 4. The minimum atomic E-state index is -0.689. The van der Waals surface area contributed by atoms with Gasteiger partial charge in [0.15, 0.2) is 0 Å². The maximum Gasteiger partial charge on any atom is 0.230 e. The minimum absolute atomic E-state index is 0.0682. The molecule has 0 spiro atoms. The van der Waals surface area contributed by atoms with E-state index in [0.29, 0.717) is 39.1 Å². The van der Waals surface area contributed by atoms with Crippen LogP contribution in [0.1, 0.15) is 38.5 Å². The summed E-state index contributed by atoms with van der Waals surface area (Å²) in [6.07, 6.45) is 5.06. The van der Waals surface area contributed by atoms with Crippen LogP contribution in [0.2, 0.25) is 0 Å². The van der Waals surface area contributed by atoms with Crippen molar-refractivity contribution in [3.8, 4) is 0 Å². The Morgan fingerprint density at radius 2 is 1.84 bits per heavy atom.